The maximum atomic E-state index is 11.5. The van der Waals surface area contributed by atoms with Gasteiger partial charge in [0.1, 0.15) is 11.8 Å². The lowest BCUT2D eigenvalue weighted by Crippen LogP contribution is -2.30. The predicted octanol–water partition coefficient (Wildman–Crippen LogP) is 1.53. The predicted molar refractivity (Wildman–Crippen MR) is 66.6 cm³/mol. The van der Waals surface area contributed by atoms with Crippen LogP contribution in [0.2, 0.25) is 0 Å². The van der Waals surface area contributed by atoms with Gasteiger partial charge in [0.15, 0.2) is 0 Å². The van der Waals surface area contributed by atoms with Crippen molar-refractivity contribution in [2.75, 3.05) is 11.5 Å². The molecular formula is C11H21NO3S. The molecule has 0 aromatic carbocycles. The average Bonchev–Trinajstić information content (AvgIpc) is 2.14. The summed E-state index contributed by atoms with van der Waals surface area (Å²) in [6.07, 6.45) is 0.986. The van der Waals surface area contributed by atoms with E-state index in [2.05, 4.69) is 0 Å². The molecule has 0 bridgehead atoms. The molecule has 0 heterocycles. The Morgan fingerprint density at radius 2 is 1.88 bits per heavy atom. The summed E-state index contributed by atoms with van der Waals surface area (Å²) in [5, 5.41) is 8.55. The second-order valence-corrected chi connectivity index (χ2v) is 5.99. The zero-order valence-electron chi connectivity index (χ0n) is 10.2. The standard InChI is InChI=1S/C11H21NO3S/c1-11(2,3)9(13)5-7-16-6-4-8(12)10(14)15/h8H,4-7,12H2,1-3H3,(H,14,15)/t8-/m0/s1. The van der Waals surface area contributed by atoms with E-state index in [9.17, 15) is 9.59 Å². The molecule has 0 aromatic rings. The van der Waals surface area contributed by atoms with E-state index in [0.29, 0.717) is 18.6 Å². The van der Waals surface area contributed by atoms with Crippen LogP contribution < -0.4 is 5.73 Å². The molecule has 4 nitrogen and oxygen atoms in total. The van der Waals surface area contributed by atoms with Crippen LogP contribution in [0.4, 0.5) is 0 Å². The Hall–Kier alpha value is -0.550. The molecule has 1 atom stereocenters. The van der Waals surface area contributed by atoms with Gasteiger partial charge in [-0.1, -0.05) is 20.8 Å². The number of carbonyl (C=O) groups is 2. The van der Waals surface area contributed by atoms with Crippen molar-refractivity contribution >= 4 is 23.5 Å². The third-order valence-corrected chi connectivity index (χ3v) is 3.22. The van der Waals surface area contributed by atoms with Gasteiger partial charge in [0.05, 0.1) is 0 Å². The summed E-state index contributed by atoms with van der Waals surface area (Å²) >= 11 is 1.58. The molecule has 0 saturated carbocycles. The Balaban J connectivity index is 3.55. The highest BCUT2D eigenvalue weighted by atomic mass is 32.2. The fraction of sp³-hybridized carbons (Fsp3) is 0.818. The molecule has 0 aliphatic rings. The van der Waals surface area contributed by atoms with Gasteiger partial charge in [-0.05, 0) is 12.2 Å². The first-order valence-electron chi connectivity index (χ1n) is 5.34. The molecule has 16 heavy (non-hydrogen) atoms. The molecule has 0 fully saturated rings. The number of carboxylic acid groups (broad SMARTS) is 1. The number of carboxylic acids is 1. The third kappa shape index (κ3) is 6.85. The van der Waals surface area contributed by atoms with Crippen molar-refractivity contribution in [1.82, 2.24) is 0 Å². The lowest BCUT2D eigenvalue weighted by atomic mass is 9.89. The fourth-order valence-corrected chi connectivity index (χ4v) is 1.93. The van der Waals surface area contributed by atoms with Crippen molar-refractivity contribution in [1.29, 1.82) is 0 Å². The number of aliphatic carboxylic acids is 1. The minimum absolute atomic E-state index is 0.238. The van der Waals surface area contributed by atoms with Crippen LogP contribution in [0.3, 0.4) is 0 Å². The number of hydrogen-bond donors (Lipinski definition) is 2. The van der Waals surface area contributed by atoms with Gasteiger partial charge >= 0.3 is 5.97 Å². The number of Topliss-reactive ketones (excluding diaryl/α,β-unsaturated/α-hetero) is 1. The molecule has 0 unspecified atom stereocenters. The lowest BCUT2D eigenvalue weighted by molar-refractivity contribution is -0.138. The summed E-state index contributed by atoms with van der Waals surface area (Å²) in [6, 6.07) is -0.786. The minimum Gasteiger partial charge on any atom is -0.480 e. The van der Waals surface area contributed by atoms with Crippen molar-refractivity contribution in [3.8, 4) is 0 Å². The molecule has 5 heteroatoms. The van der Waals surface area contributed by atoms with Gasteiger partial charge in [0.25, 0.3) is 0 Å². The summed E-state index contributed by atoms with van der Waals surface area (Å²) in [6.45, 7) is 5.71. The maximum Gasteiger partial charge on any atom is 0.320 e. The summed E-state index contributed by atoms with van der Waals surface area (Å²) < 4.78 is 0. The first kappa shape index (κ1) is 15.4. The van der Waals surface area contributed by atoms with Gasteiger partial charge in [-0.25, -0.2) is 0 Å². The zero-order chi connectivity index (χ0) is 12.8. The van der Waals surface area contributed by atoms with Crippen molar-refractivity contribution in [2.24, 2.45) is 11.1 Å². The highest BCUT2D eigenvalue weighted by molar-refractivity contribution is 7.99. The molecule has 0 aliphatic heterocycles. The van der Waals surface area contributed by atoms with Crippen LogP contribution in [-0.2, 0) is 9.59 Å². The summed E-state index contributed by atoms with van der Waals surface area (Å²) in [5.74, 6) is 0.696. The Morgan fingerprint density at radius 3 is 2.31 bits per heavy atom. The smallest absolute Gasteiger partial charge is 0.320 e. The SMILES string of the molecule is CC(C)(C)C(=O)CCSCC[C@H](N)C(=O)O. The number of nitrogens with two attached hydrogens (primary N) is 1. The number of hydrogen-bond acceptors (Lipinski definition) is 4. The van der Waals surface area contributed by atoms with E-state index >= 15 is 0 Å². The third-order valence-electron chi connectivity index (χ3n) is 2.20. The van der Waals surface area contributed by atoms with E-state index in [1.807, 2.05) is 20.8 Å². The van der Waals surface area contributed by atoms with E-state index in [4.69, 9.17) is 10.8 Å². The van der Waals surface area contributed by atoms with Gasteiger partial charge in [-0.15, -0.1) is 0 Å². The molecular weight excluding hydrogens is 226 g/mol. The molecule has 3 N–H and O–H groups in total. The second-order valence-electron chi connectivity index (χ2n) is 4.77. The maximum absolute atomic E-state index is 11.5. The van der Waals surface area contributed by atoms with Crippen LogP contribution in [0.15, 0.2) is 0 Å². The van der Waals surface area contributed by atoms with E-state index in [0.717, 1.165) is 5.75 Å². The van der Waals surface area contributed by atoms with Crippen LogP contribution >= 0.6 is 11.8 Å². The number of ketones is 1. The van der Waals surface area contributed by atoms with Gasteiger partial charge in [0, 0.05) is 17.6 Å². The van der Waals surface area contributed by atoms with E-state index in [-0.39, 0.29) is 11.2 Å². The van der Waals surface area contributed by atoms with Crippen molar-refractivity contribution < 1.29 is 14.7 Å². The topological polar surface area (TPSA) is 80.4 Å². The molecule has 94 valence electrons. The summed E-state index contributed by atoms with van der Waals surface area (Å²) in [7, 11) is 0. The van der Waals surface area contributed by atoms with Crippen molar-refractivity contribution in [2.45, 2.75) is 39.7 Å². The summed E-state index contributed by atoms with van der Waals surface area (Å²) in [5.41, 5.74) is 5.07. The number of thioether (sulfide) groups is 1. The monoisotopic (exact) mass is 247 g/mol. The van der Waals surface area contributed by atoms with E-state index in [1.165, 1.54) is 0 Å². The Bertz CT molecular complexity index is 248. The van der Waals surface area contributed by atoms with Gasteiger partial charge < -0.3 is 10.8 Å². The molecule has 0 aliphatic carbocycles. The van der Waals surface area contributed by atoms with Gasteiger partial charge in [0.2, 0.25) is 0 Å². The molecule has 0 spiro atoms. The lowest BCUT2D eigenvalue weighted by Gasteiger charge is -2.16. The molecule has 0 amide bonds. The number of rotatable bonds is 7. The molecule has 0 aromatic heterocycles. The highest BCUT2D eigenvalue weighted by Crippen LogP contribution is 2.18. The van der Waals surface area contributed by atoms with Crippen LogP contribution in [0.5, 0.6) is 0 Å². The van der Waals surface area contributed by atoms with E-state index < -0.39 is 12.0 Å². The van der Waals surface area contributed by atoms with Crippen LogP contribution in [0.1, 0.15) is 33.6 Å². The average molecular weight is 247 g/mol. The first-order chi connectivity index (χ1) is 7.25. The quantitative estimate of drug-likeness (QED) is 0.667. The minimum atomic E-state index is -0.966. The Labute approximate surface area is 101 Å². The molecule has 0 rings (SSSR count). The second kappa shape index (κ2) is 6.91. The fourth-order valence-electron chi connectivity index (χ4n) is 0.976. The first-order valence-corrected chi connectivity index (χ1v) is 6.50. The van der Waals surface area contributed by atoms with Gasteiger partial charge in [-0.3, -0.25) is 9.59 Å². The molecule has 0 radical (unpaired) electrons. The summed E-state index contributed by atoms with van der Waals surface area (Å²) in [4.78, 5) is 22.0. The normalized spacial score (nSPS) is 13.5. The van der Waals surface area contributed by atoms with Gasteiger partial charge in [-0.2, -0.15) is 11.8 Å². The van der Waals surface area contributed by atoms with Crippen LogP contribution in [0.25, 0.3) is 0 Å². The highest BCUT2D eigenvalue weighted by Gasteiger charge is 2.20. The van der Waals surface area contributed by atoms with Crippen molar-refractivity contribution in [3.05, 3.63) is 0 Å². The van der Waals surface area contributed by atoms with Crippen molar-refractivity contribution in [3.63, 3.8) is 0 Å². The molecule has 0 saturated heterocycles. The van der Waals surface area contributed by atoms with Crippen LogP contribution in [0, 0.1) is 5.41 Å². The largest absolute Gasteiger partial charge is 0.480 e. The Kier molecular flexibility index (Phi) is 6.67. The number of carbonyl (C=O) groups excluding carboxylic acids is 1. The van der Waals surface area contributed by atoms with Crippen LogP contribution in [-0.4, -0.2) is 34.4 Å². The Morgan fingerprint density at radius 1 is 1.31 bits per heavy atom. The zero-order valence-corrected chi connectivity index (χ0v) is 11.0. The van der Waals surface area contributed by atoms with E-state index in [1.54, 1.807) is 11.8 Å².